The van der Waals surface area contributed by atoms with E-state index in [2.05, 4.69) is 60.3 Å². The lowest BCUT2D eigenvalue weighted by molar-refractivity contribution is 0.281. The number of pyridine rings is 1. The van der Waals surface area contributed by atoms with Gasteiger partial charge in [-0.05, 0) is 66.4 Å². The Balaban J connectivity index is 1.31. The zero-order chi connectivity index (χ0) is 26.7. The van der Waals surface area contributed by atoms with Crippen molar-refractivity contribution in [2.75, 3.05) is 12.4 Å². The molecule has 0 aliphatic rings. The molecule has 2 aromatic heterocycles. The van der Waals surface area contributed by atoms with Crippen molar-refractivity contribution >= 4 is 33.6 Å². The molecule has 6 nitrogen and oxygen atoms in total. The highest BCUT2D eigenvalue weighted by atomic mass is 32.1. The molecule has 38 heavy (non-hydrogen) atoms. The number of fused-ring (bicyclic) bond motifs is 1. The van der Waals surface area contributed by atoms with Gasteiger partial charge in [0.25, 0.3) is 0 Å². The number of aryl methyl sites for hydroxylation is 1. The van der Waals surface area contributed by atoms with Crippen LogP contribution in [0.25, 0.3) is 10.9 Å². The van der Waals surface area contributed by atoms with E-state index < -0.39 is 0 Å². The third-order valence-electron chi connectivity index (χ3n) is 6.15. The summed E-state index contributed by atoms with van der Waals surface area (Å²) in [4.78, 5) is 8.98. The highest BCUT2D eigenvalue weighted by molar-refractivity contribution is 7.09. The number of nitrogens with zero attached hydrogens (tertiary/aromatic N) is 2. The van der Waals surface area contributed by atoms with Crippen LogP contribution < -0.4 is 19.5 Å². The average molecular weight is 526 g/mol. The normalized spacial score (nSPS) is 11.4. The van der Waals surface area contributed by atoms with Gasteiger partial charge in [-0.1, -0.05) is 32.9 Å². The Bertz CT molecular complexity index is 1540. The second-order valence-corrected chi connectivity index (χ2v) is 11.1. The lowest BCUT2D eigenvalue weighted by Gasteiger charge is -2.19. The van der Waals surface area contributed by atoms with Gasteiger partial charge >= 0.3 is 0 Å². The molecular weight excluding hydrogens is 494 g/mol. The van der Waals surface area contributed by atoms with Gasteiger partial charge in [0.1, 0.15) is 18.1 Å². The van der Waals surface area contributed by atoms with Crippen LogP contribution in [0.1, 0.15) is 37.0 Å². The van der Waals surface area contributed by atoms with E-state index in [9.17, 15) is 0 Å². The van der Waals surface area contributed by atoms with Gasteiger partial charge in [0.2, 0.25) is 0 Å². The van der Waals surface area contributed by atoms with E-state index in [-0.39, 0.29) is 5.41 Å². The number of benzene rings is 3. The first-order chi connectivity index (χ1) is 18.3. The highest BCUT2D eigenvalue weighted by Gasteiger charge is 2.14. The van der Waals surface area contributed by atoms with E-state index >= 15 is 0 Å². The molecule has 7 heteroatoms. The molecule has 3 aromatic carbocycles. The van der Waals surface area contributed by atoms with Gasteiger partial charge in [-0.15, -0.1) is 11.3 Å². The van der Waals surface area contributed by atoms with E-state index in [1.807, 2.05) is 54.8 Å². The number of thiazole rings is 1. The minimum Gasteiger partial charge on any atom is -0.493 e. The van der Waals surface area contributed by atoms with Crippen LogP contribution in [-0.2, 0) is 12.0 Å². The quantitative estimate of drug-likeness (QED) is 0.219. The van der Waals surface area contributed by atoms with Crippen molar-refractivity contribution in [2.24, 2.45) is 0 Å². The van der Waals surface area contributed by atoms with E-state index in [1.165, 1.54) is 5.56 Å². The molecule has 194 valence electrons. The van der Waals surface area contributed by atoms with Crippen molar-refractivity contribution in [1.82, 2.24) is 9.97 Å². The molecule has 2 heterocycles. The Kier molecular flexibility index (Phi) is 7.20. The molecule has 0 atom stereocenters. The standard InChI is InChI=1S/C31H31N3O3S/c1-20-33-24(19-38-20)18-36-30-17-27-26(16-29(30)35-5)28(14-15-32-27)37-25-12-10-23(11-13-25)34-22-8-6-21(7-9-22)31(2,3)4/h6-17,19,34H,18H2,1-5H3. The number of rotatable bonds is 8. The molecule has 5 rings (SSSR count). The summed E-state index contributed by atoms with van der Waals surface area (Å²) in [5, 5.41) is 7.29. The molecule has 5 aromatic rings. The van der Waals surface area contributed by atoms with Crippen LogP contribution in [0.3, 0.4) is 0 Å². The van der Waals surface area contributed by atoms with Gasteiger partial charge in [0.15, 0.2) is 11.5 Å². The van der Waals surface area contributed by atoms with Crippen molar-refractivity contribution in [3.8, 4) is 23.0 Å². The van der Waals surface area contributed by atoms with E-state index in [0.29, 0.717) is 23.9 Å². The second kappa shape index (κ2) is 10.7. The SMILES string of the molecule is COc1cc2c(Oc3ccc(Nc4ccc(C(C)(C)C)cc4)cc3)ccnc2cc1OCc1csc(C)n1. The fraction of sp³-hybridized carbons (Fsp3) is 0.226. The van der Waals surface area contributed by atoms with E-state index in [0.717, 1.165) is 38.7 Å². The number of nitrogens with one attached hydrogen (secondary N) is 1. The summed E-state index contributed by atoms with van der Waals surface area (Å²) in [6.45, 7) is 8.99. The number of anilines is 2. The van der Waals surface area contributed by atoms with Gasteiger partial charge in [0, 0.05) is 34.4 Å². The second-order valence-electron chi connectivity index (χ2n) is 10.1. The topological polar surface area (TPSA) is 65.5 Å². The van der Waals surface area contributed by atoms with Crippen molar-refractivity contribution < 1.29 is 14.2 Å². The molecule has 0 unspecified atom stereocenters. The van der Waals surface area contributed by atoms with Crippen LogP contribution in [0.15, 0.2) is 78.3 Å². The molecule has 1 N–H and O–H groups in total. The number of aromatic nitrogens is 2. The molecule has 0 saturated heterocycles. The molecule has 0 aliphatic carbocycles. The molecule has 0 spiro atoms. The highest BCUT2D eigenvalue weighted by Crippen LogP contribution is 2.37. The fourth-order valence-electron chi connectivity index (χ4n) is 4.07. The van der Waals surface area contributed by atoms with Crippen molar-refractivity contribution in [3.63, 3.8) is 0 Å². The van der Waals surface area contributed by atoms with Gasteiger partial charge in [0.05, 0.1) is 23.3 Å². The lowest BCUT2D eigenvalue weighted by Crippen LogP contribution is -2.10. The maximum absolute atomic E-state index is 6.25. The third-order valence-corrected chi connectivity index (χ3v) is 6.97. The third kappa shape index (κ3) is 5.89. The fourth-order valence-corrected chi connectivity index (χ4v) is 4.67. The van der Waals surface area contributed by atoms with Crippen molar-refractivity contribution in [3.05, 3.63) is 94.6 Å². The minimum absolute atomic E-state index is 0.133. The molecule has 0 amide bonds. The Labute approximate surface area is 227 Å². The predicted molar refractivity (Wildman–Crippen MR) is 154 cm³/mol. The maximum Gasteiger partial charge on any atom is 0.163 e. The van der Waals surface area contributed by atoms with Crippen molar-refractivity contribution in [1.29, 1.82) is 0 Å². The summed E-state index contributed by atoms with van der Waals surface area (Å²) in [6.07, 6.45) is 1.73. The summed E-state index contributed by atoms with van der Waals surface area (Å²) in [7, 11) is 1.63. The minimum atomic E-state index is 0.133. The van der Waals surface area contributed by atoms with Crippen LogP contribution in [0.2, 0.25) is 0 Å². The summed E-state index contributed by atoms with van der Waals surface area (Å²) in [5.74, 6) is 2.64. The molecular formula is C31H31N3O3S. The lowest BCUT2D eigenvalue weighted by atomic mass is 9.87. The van der Waals surface area contributed by atoms with Gasteiger partial charge in [-0.2, -0.15) is 0 Å². The molecule has 0 fully saturated rings. The Morgan fingerprint density at radius 1 is 0.868 bits per heavy atom. The van der Waals surface area contributed by atoms with Gasteiger partial charge in [-0.3, -0.25) is 4.98 Å². The first-order valence-electron chi connectivity index (χ1n) is 12.4. The summed E-state index contributed by atoms with van der Waals surface area (Å²) >= 11 is 1.60. The summed E-state index contributed by atoms with van der Waals surface area (Å²) < 4.78 is 17.9. The zero-order valence-corrected chi connectivity index (χ0v) is 23.1. The number of hydrogen-bond acceptors (Lipinski definition) is 7. The molecule has 0 radical (unpaired) electrons. The van der Waals surface area contributed by atoms with Crippen LogP contribution in [0, 0.1) is 6.92 Å². The molecule has 0 bridgehead atoms. The Morgan fingerprint density at radius 2 is 1.58 bits per heavy atom. The average Bonchev–Trinajstić information content (AvgIpc) is 3.33. The molecule has 0 saturated carbocycles. The Morgan fingerprint density at radius 3 is 2.21 bits per heavy atom. The number of hydrogen-bond donors (Lipinski definition) is 1. The zero-order valence-electron chi connectivity index (χ0n) is 22.2. The number of ether oxygens (including phenoxy) is 3. The summed E-state index contributed by atoms with van der Waals surface area (Å²) in [5.41, 5.74) is 5.11. The largest absolute Gasteiger partial charge is 0.493 e. The summed E-state index contributed by atoms with van der Waals surface area (Å²) in [6, 6.07) is 22.1. The van der Waals surface area contributed by atoms with Crippen molar-refractivity contribution in [2.45, 2.75) is 39.7 Å². The predicted octanol–water partition coefficient (Wildman–Crippen LogP) is 8.42. The first-order valence-corrected chi connectivity index (χ1v) is 13.3. The van der Waals surface area contributed by atoms with Crippen LogP contribution >= 0.6 is 11.3 Å². The van der Waals surface area contributed by atoms with E-state index in [1.54, 1.807) is 24.6 Å². The smallest absolute Gasteiger partial charge is 0.163 e. The first kappa shape index (κ1) is 25.5. The van der Waals surface area contributed by atoms with Gasteiger partial charge < -0.3 is 19.5 Å². The van der Waals surface area contributed by atoms with Crippen LogP contribution in [0.5, 0.6) is 23.0 Å². The number of methoxy groups -OCH3 is 1. The monoisotopic (exact) mass is 525 g/mol. The Hall–Kier alpha value is -4.10. The molecule has 0 aliphatic heterocycles. The maximum atomic E-state index is 6.25. The van der Waals surface area contributed by atoms with E-state index in [4.69, 9.17) is 14.2 Å². The van der Waals surface area contributed by atoms with Crippen LogP contribution in [-0.4, -0.2) is 17.1 Å². The van der Waals surface area contributed by atoms with Crippen LogP contribution in [0.4, 0.5) is 11.4 Å². The van der Waals surface area contributed by atoms with Gasteiger partial charge in [-0.25, -0.2) is 4.98 Å².